The minimum Gasteiger partial charge on any atom is -0.369 e. The van der Waals surface area contributed by atoms with Crippen molar-refractivity contribution in [3.8, 4) is 11.1 Å². The standard InChI is InChI=1S/C14H14N2OS/c15-14(17)9-11-3-1-2-4-13(11)10-5-7-12(18-16)8-6-10/h1-8H,9,16H2,(H2,15,17). The molecule has 4 heteroatoms. The summed E-state index contributed by atoms with van der Waals surface area (Å²) in [6, 6.07) is 15.7. The van der Waals surface area contributed by atoms with E-state index in [1.54, 1.807) is 0 Å². The number of primary amides is 1. The zero-order chi connectivity index (χ0) is 13.0. The van der Waals surface area contributed by atoms with Crippen molar-refractivity contribution in [2.24, 2.45) is 10.9 Å². The zero-order valence-electron chi connectivity index (χ0n) is 9.80. The Labute approximate surface area is 110 Å². The molecular formula is C14H14N2OS. The smallest absolute Gasteiger partial charge is 0.221 e. The average Bonchev–Trinajstić information content (AvgIpc) is 2.39. The largest absolute Gasteiger partial charge is 0.369 e. The Morgan fingerprint density at radius 1 is 1.06 bits per heavy atom. The maximum absolute atomic E-state index is 11.1. The molecule has 4 N–H and O–H groups in total. The maximum Gasteiger partial charge on any atom is 0.221 e. The molecule has 0 aromatic heterocycles. The molecule has 0 heterocycles. The Morgan fingerprint density at radius 2 is 1.72 bits per heavy atom. The van der Waals surface area contributed by atoms with Crippen molar-refractivity contribution in [1.82, 2.24) is 0 Å². The number of benzene rings is 2. The molecule has 0 aliphatic heterocycles. The fourth-order valence-corrected chi connectivity index (χ4v) is 2.15. The number of carbonyl (C=O) groups excluding carboxylic acids is 1. The van der Waals surface area contributed by atoms with Crippen LogP contribution in [0.2, 0.25) is 0 Å². The topological polar surface area (TPSA) is 69.1 Å². The van der Waals surface area contributed by atoms with Gasteiger partial charge in [0.1, 0.15) is 0 Å². The summed E-state index contributed by atoms with van der Waals surface area (Å²) in [5, 5.41) is 5.49. The summed E-state index contributed by atoms with van der Waals surface area (Å²) in [6.07, 6.45) is 0.254. The molecule has 0 aliphatic carbocycles. The van der Waals surface area contributed by atoms with Crippen LogP contribution in [0.15, 0.2) is 53.4 Å². The first-order valence-corrected chi connectivity index (χ1v) is 6.42. The molecule has 18 heavy (non-hydrogen) atoms. The molecule has 0 unspecified atom stereocenters. The van der Waals surface area contributed by atoms with Gasteiger partial charge in [0, 0.05) is 4.90 Å². The van der Waals surface area contributed by atoms with Crippen LogP contribution in [0.5, 0.6) is 0 Å². The fourth-order valence-electron chi connectivity index (χ4n) is 1.86. The van der Waals surface area contributed by atoms with Crippen molar-refractivity contribution in [2.45, 2.75) is 11.3 Å². The highest BCUT2D eigenvalue weighted by atomic mass is 32.2. The lowest BCUT2D eigenvalue weighted by Crippen LogP contribution is -2.14. The van der Waals surface area contributed by atoms with Gasteiger partial charge in [0.05, 0.1) is 6.42 Å². The Kier molecular flexibility index (Phi) is 4.02. The first-order valence-electron chi connectivity index (χ1n) is 5.54. The molecule has 2 aromatic rings. The zero-order valence-corrected chi connectivity index (χ0v) is 10.6. The Hall–Kier alpha value is -1.78. The van der Waals surface area contributed by atoms with Crippen molar-refractivity contribution in [3.05, 3.63) is 54.1 Å². The lowest BCUT2D eigenvalue weighted by atomic mass is 9.98. The monoisotopic (exact) mass is 258 g/mol. The van der Waals surface area contributed by atoms with E-state index in [4.69, 9.17) is 10.9 Å². The normalized spacial score (nSPS) is 10.3. The summed E-state index contributed by atoms with van der Waals surface area (Å²) in [4.78, 5) is 12.1. The number of rotatable bonds is 4. The summed E-state index contributed by atoms with van der Waals surface area (Å²) in [7, 11) is 0. The van der Waals surface area contributed by atoms with E-state index >= 15 is 0 Å². The van der Waals surface area contributed by atoms with Crippen molar-refractivity contribution < 1.29 is 4.79 Å². The second-order valence-corrected chi connectivity index (χ2v) is 4.65. The van der Waals surface area contributed by atoms with Crippen molar-refractivity contribution >= 4 is 17.9 Å². The van der Waals surface area contributed by atoms with Crippen LogP contribution in [-0.2, 0) is 11.2 Å². The summed E-state index contributed by atoms with van der Waals surface area (Å²) < 4.78 is 0. The molecule has 0 radical (unpaired) electrons. The van der Waals surface area contributed by atoms with E-state index in [-0.39, 0.29) is 12.3 Å². The van der Waals surface area contributed by atoms with E-state index in [0.29, 0.717) is 0 Å². The van der Waals surface area contributed by atoms with Crippen LogP contribution in [0.1, 0.15) is 5.56 Å². The van der Waals surface area contributed by atoms with Gasteiger partial charge in [-0.3, -0.25) is 9.93 Å². The molecule has 0 fully saturated rings. The molecule has 2 aromatic carbocycles. The van der Waals surface area contributed by atoms with Gasteiger partial charge in [0.15, 0.2) is 0 Å². The number of hydrogen-bond acceptors (Lipinski definition) is 3. The SMILES string of the molecule is NSc1ccc(-c2ccccc2CC(N)=O)cc1. The first-order chi connectivity index (χ1) is 8.70. The van der Waals surface area contributed by atoms with E-state index in [9.17, 15) is 4.79 Å². The number of amides is 1. The number of nitrogens with two attached hydrogens (primary N) is 2. The third-order valence-electron chi connectivity index (χ3n) is 2.68. The molecule has 0 saturated heterocycles. The van der Waals surface area contributed by atoms with E-state index in [2.05, 4.69) is 0 Å². The molecular weight excluding hydrogens is 244 g/mol. The summed E-state index contributed by atoms with van der Waals surface area (Å²) in [5.41, 5.74) is 8.29. The van der Waals surface area contributed by atoms with Gasteiger partial charge >= 0.3 is 0 Å². The van der Waals surface area contributed by atoms with E-state index in [1.165, 1.54) is 11.9 Å². The highest BCUT2D eigenvalue weighted by molar-refractivity contribution is 7.97. The van der Waals surface area contributed by atoms with Crippen molar-refractivity contribution in [3.63, 3.8) is 0 Å². The Bertz CT molecular complexity index is 552. The molecule has 0 spiro atoms. The van der Waals surface area contributed by atoms with Gasteiger partial charge in [-0.25, -0.2) is 0 Å². The summed E-state index contributed by atoms with van der Waals surface area (Å²) in [6.45, 7) is 0. The number of hydrogen-bond donors (Lipinski definition) is 2. The third-order valence-corrected chi connectivity index (χ3v) is 3.23. The quantitative estimate of drug-likeness (QED) is 0.827. The molecule has 0 bridgehead atoms. The Morgan fingerprint density at radius 3 is 2.33 bits per heavy atom. The molecule has 1 amide bonds. The lowest BCUT2D eigenvalue weighted by molar-refractivity contribution is -0.117. The molecule has 92 valence electrons. The van der Waals surface area contributed by atoms with Gasteiger partial charge in [-0.05, 0) is 40.8 Å². The highest BCUT2D eigenvalue weighted by Gasteiger charge is 2.06. The van der Waals surface area contributed by atoms with Crippen LogP contribution in [0, 0.1) is 0 Å². The molecule has 0 aliphatic rings. The van der Waals surface area contributed by atoms with Crippen LogP contribution in [0.25, 0.3) is 11.1 Å². The second kappa shape index (κ2) is 5.71. The average molecular weight is 258 g/mol. The van der Waals surface area contributed by atoms with Gasteiger partial charge in [0.2, 0.25) is 5.91 Å². The molecule has 0 atom stereocenters. The van der Waals surface area contributed by atoms with Gasteiger partial charge in [-0.2, -0.15) is 0 Å². The van der Waals surface area contributed by atoms with Gasteiger partial charge < -0.3 is 5.73 Å². The van der Waals surface area contributed by atoms with Crippen LogP contribution < -0.4 is 10.9 Å². The maximum atomic E-state index is 11.1. The van der Waals surface area contributed by atoms with Crippen LogP contribution in [0.3, 0.4) is 0 Å². The second-order valence-electron chi connectivity index (χ2n) is 3.94. The molecule has 0 saturated carbocycles. The lowest BCUT2D eigenvalue weighted by Gasteiger charge is -2.08. The van der Waals surface area contributed by atoms with E-state index in [1.807, 2.05) is 48.5 Å². The van der Waals surface area contributed by atoms with Crippen molar-refractivity contribution in [2.75, 3.05) is 0 Å². The van der Waals surface area contributed by atoms with Crippen LogP contribution in [0.4, 0.5) is 0 Å². The predicted octanol–water partition coefficient (Wildman–Crippen LogP) is 2.35. The Balaban J connectivity index is 2.39. The number of carbonyl (C=O) groups is 1. The predicted molar refractivity (Wildman–Crippen MR) is 74.8 cm³/mol. The van der Waals surface area contributed by atoms with Gasteiger partial charge in [-0.1, -0.05) is 36.4 Å². The molecule has 2 rings (SSSR count). The summed E-state index contributed by atoms with van der Waals surface area (Å²) in [5.74, 6) is -0.323. The van der Waals surface area contributed by atoms with E-state index < -0.39 is 0 Å². The van der Waals surface area contributed by atoms with E-state index in [0.717, 1.165) is 21.6 Å². The van der Waals surface area contributed by atoms with Crippen LogP contribution in [-0.4, -0.2) is 5.91 Å². The summed E-state index contributed by atoms with van der Waals surface area (Å²) >= 11 is 1.21. The minimum atomic E-state index is -0.323. The van der Waals surface area contributed by atoms with Crippen LogP contribution >= 0.6 is 11.9 Å². The van der Waals surface area contributed by atoms with Gasteiger partial charge in [0.25, 0.3) is 0 Å². The third kappa shape index (κ3) is 2.91. The van der Waals surface area contributed by atoms with Crippen molar-refractivity contribution in [1.29, 1.82) is 0 Å². The molecule has 3 nitrogen and oxygen atoms in total. The fraction of sp³-hybridized carbons (Fsp3) is 0.0714. The minimum absolute atomic E-state index is 0.254. The first kappa shape index (κ1) is 12.7. The van der Waals surface area contributed by atoms with Gasteiger partial charge in [-0.15, -0.1) is 0 Å². The highest BCUT2D eigenvalue weighted by Crippen LogP contribution is 2.25.